The quantitative estimate of drug-likeness (QED) is 0.444. The third-order valence-corrected chi connectivity index (χ3v) is 2.70. The van der Waals surface area contributed by atoms with E-state index in [1.165, 1.54) is 12.8 Å². The fourth-order valence-electron chi connectivity index (χ4n) is 1.60. The van der Waals surface area contributed by atoms with Crippen molar-refractivity contribution < 1.29 is 4.74 Å². The Morgan fingerprint density at radius 3 is 2.73 bits per heavy atom. The lowest BCUT2D eigenvalue weighted by molar-refractivity contribution is 0.415. The summed E-state index contributed by atoms with van der Waals surface area (Å²) in [5.74, 6) is 7.45. The summed E-state index contributed by atoms with van der Waals surface area (Å²) in [5.41, 5.74) is 7.43. The number of ether oxygens (including phenoxy) is 1. The van der Waals surface area contributed by atoms with E-state index in [4.69, 9.17) is 16.3 Å². The van der Waals surface area contributed by atoms with Crippen molar-refractivity contribution in [1.82, 2.24) is 0 Å². The molecule has 0 unspecified atom stereocenters. The smallest absolute Gasteiger partial charge is 0.121 e. The minimum Gasteiger partial charge on any atom is -0.497 e. The summed E-state index contributed by atoms with van der Waals surface area (Å²) >= 11 is 0. The van der Waals surface area contributed by atoms with E-state index < -0.39 is 0 Å². The standard InChI is InChI=1S/C11H17N3O/c1-15-9-4-5-11(10(12)6-9)14(13)7-8-2-3-8/h4-6,8H,2-3,7,12-13H2,1H3. The molecule has 0 aliphatic heterocycles. The second kappa shape index (κ2) is 3.98. The van der Waals surface area contributed by atoms with E-state index in [-0.39, 0.29) is 0 Å². The average molecular weight is 207 g/mol. The maximum Gasteiger partial charge on any atom is 0.121 e. The van der Waals surface area contributed by atoms with Gasteiger partial charge in [-0.05, 0) is 30.9 Å². The van der Waals surface area contributed by atoms with Gasteiger partial charge >= 0.3 is 0 Å². The maximum atomic E-state index is 5.94. The van der Waals surface area contributed by atoms with Gasteiger partial charge in [-0.1, -0.05) is 0 Å². The van der Waals surface area contributed by atoms with E-state index >= 15 is 0 Å². The van der Waals surface area contributed by atoms with E-state index in [9.17, 15) is 0 Å². The van der Waals surface area contributed by atoms with E-state index in [0.717, 1.165) is 23.9 Å². The molecule has 1 aliphatic carbocycles. The molecule has 0 radical (unpaired) electrons. The highest BCUT2D eigenvalue weighted by molar-refractivity contribution is 5.68. The summed E-state index contributed by atoms with van der Waals surface area (Å²) < 4.78 is 5.08. The van der Waals surface area contributed by atoms with Crippen molar-refractivity contribution in [2.75, 3.05) is 24.4 Å². The molecule has 1 fully saturated rings. The summed E-state index contributed by atoms with van der Waals surface area (Å²) in [6.07, 6.45) is 2.56. The van der Waals surface area contributed by atoms with Gasteiger partial charge in [0.15, 0.2) is 0 Å². The first kappa shape index (κ1) is 10.1. The second-order valence-electron chi connectivity index (χ2n) is 4.02. The second-order valence-corrected chi connectivity index (χ2v) is 4.02. The largest absolute Gasteiger partial charge is 0.497 e. The molecule has 0 heterocycles. The summed E-state index contributed by atoms with van der Waals surface area (Å²) in [5, 5.41) is 1.73. The molecule has 4 nitrogen and oxygen atoms in total. The van der Waals surface area contributed by atoms with Gasteiger partial charge in [-0.25, -0.2) is 5.84 Å². The molecule has 0 saturated heterocycles. The molecule has 0 aromatic heterocycles. The van der Waals surface area contributed by atoms with Crippen molar-refractivity contribution in [1.29, 1.82) is 0 Å². The summed E-state index contributed by atoms with van der Waals surface area (Å²) in [4.78, 5) is 0. The Kier molecular flexibility index (Phi) is 2.68. The Labute approximate surface area is 89.8 Å². The van der Waals surface area contributed by atoms with Crippen LogP contribution in [0.3, 0.4) is 0 Å². The fraction of sp³-hybridized carbons (Fsp3) is 0.455. The number of hydrogen-bond donors (Lipinski definition) is 2. The number of nitrogens with two attached hydrogens (primary N) is 2. The monoisotopic (exact) mass is 207 g/mol. The third-order valence-electron chi connectivity index (χ3n) is 2.70. The molecule has 1 saturated carbocycles. The lowest BCUT2D eigenvalue weighted by Crippen LogP contribution is -2.33. The number of hydrogen-bond acceptors (Lipinski definition) is 4. The van der Waals surface area contributed by atoms with Crippen LogP contribution in [0.25, 0.3) is 0 Å². The van der Waals surface area contributed by atoms with Crippen molar-refractivity contribution in [3.05, 3.63) is 18.2 Å². The van der Waals surface area contributed by atoms with Crippen LogP contribution in [0.4, 0.5) is 11.4 Å². The van der Waals surface area contributed by atoms with Gasteiger partial charge < -0.3 is 15.5 Å². The highest BCUT2D eigenvalue weighted by Gasteiger charge is 2.24. The number of nitrogens with zero attached hydrogens (tertiary/aromatic N) is 1. The van der Waals surface area contributed by atoms with Crippen LogP contribution in [0.1, 0.15) is 12.8 Å². The van der Waals surface area contributed by atoms with Crippen LogP contribution in [-0.4, -0.2) is 13.7 Å². The molecule has 0 amide bonds. The Morgan fingerprint density at radius 2 is 2.20 bits per heavy atom. The first-order chi connectivity index (χ1) is 7.20. The number of anilines is 2. The predicted molar refractivity (Wildman–Crippen MR) is 61.7 cm³/mol. The molecule has 0 spiro atoms. The molecule has 2 rings (SSSR count). The van der Waals surface area contributed by atoms with Gasteiger partial charge in [0.2, 0.25) is 0 Å². The van der Waals surface area contributed by atoms with Crippen LogP contribution in [0, 0.1) is 5.92 Å². The fourth-order valence-corrected chi connectivity index (χ4v) is 1.60. The van der Waals surface area contributed by atoms with Gasteiger partial charge in [-0.2, -0.15) is 0 Å². The highest BCUT2D eigenvalue weighted by atomic mass is 16.5. The topological polar surface area (TPSA) is 64.5 Å². The van der Waals surface area contributed by atoms with Gasteiger partial charge in [-0.3, -0.25) is 0 Å². The molecule has 1 aromatic carbocycles. The van der Waals surface area contributed by atoms with Crippen molar-refractivity contribution in [3.63, 3.8) is 0 Å². The maximum absolute atomic E-state index is 5.94. The minimum absolute atomic E-state index is 0.664. The van der Waals surface area contributed by atoms with Crippen molar-refractivity contribution in [2.24, 2.45) is 11.8 Å². The van der Waals surface area contributed by atoms with Crippen molar-refractivity contribution in [3.8, 4) is 5.75 Å². The van der Waals surface area contributed by atoms with Crippen molar-refractivity contribution in [2.45, 2.75) is 12.8 Å². The van der Waals surface area contributed by atoms with Gasteiger partial charge in [0.1, 0.15) is 5.75 Å². The first-order valence-electron chi connectivity index (χ1n) is 5.16. The summed E-state index contributed by atoms with van der Waals surface area (Å²) in [6, 6.07) is 5.57. The highest BCUT2D eigenvalue weighted by Crippen LogP contribution is 2.32. The Morgan fingerprint density at radius 1 is 1.47 bits per heavy atom. The molecule has 4 heteroatoms. The summed E-state index contributed by atoms with van der Waals surface area (Å²) in [7, 11) is 1.62. The Bertz CT molecular complexity index is 350. The molecule has 82 valence electrons. The molecule has 15 heavy (non-hydrogen) atoms. The van der Waals surface area contributed by atoms with E-state index in [1.54, 1.807) is 18.2 Å². The molecular formula is C11H17N3O. The van der Waals surface area contributed by atoms with E-state index in [1.807, 2.05) is 12.1 Å². The lowest BCUT2D eigenvalue weighted by atomic mass is 10.2. The van der Waals surface area contributed by atoms with Gasteiger partial charge in [0.05, 0.1) is 18.5 Å². The molecule has 0 atom stereocenters. The van der Waals surface area contributed by atoms with Crippen LogP contribution >= 0.6 is 0 Å². The Hall–Kier alpha value is -1.42. The zero-order chi connectivity index (χ0) is 10.8. The van der Waals surface area contributed by atoms with Crippen molar-refractivity contribution >= 4 is 11.4 Å². The summed E-state index contributed by atoms with van der Waals surface area (Å²) in [6.45, 7) is 0.885. The predicted octanol–water partition coefficient (Wildman–Crippen LogP) is 1.37. The van der Waals surface area contributed by atoms with Crippen LogP contribution in [-0.2, 0) is 0 Å². The number of rotatable bonds is 4. The number of benzene rings is 1. The first-order valence-corrected chi connectivity index (χ1v) is 5.16. The average Bonchev–Trinajstić information content (AvgIpc) is 3.01. The normalized spacial score (nSPS) is 15.1. The number of methoxy groups -OCH3 is 1. The van der Waals surface area contributed by atoms with Crippen LogP contribution < -0.4 is 21.3 Å². The van der Waals surface area contributed by atoms with Crippen LogP contribution in [0.2, 0.25) is 0 Å². The Balaban J connectivity index is 2.11. The van der Waals surface area contributed by atoms with Crippen LogP contribution in [0.5, 0.6) is 5.75 Å². The third kappa shape index (κ3) is 2.33. The zero-order valence-corrected chi connectivity index (χ0v) is 8.94. The van der Waals surface area contributed by atoms with Gasteiger partial charge in [-0.15, -0.1) is 0 Å². The number of nitrogen functional groups attached to an aromatic ring is 1. The zero-order valence-electron chi connectivity index (χ0n) is 8.94. The minimum atomic E-state index is 0.664. The number of hydrazine groups is 1. The molecule has 1 aliphatic rings. The molecule has 1 aromatic rings. The van der Waals surface area contributed by atoms with E-state index in [0.29, 0.717) is 5.69 Å². The lowest BCUT2D eigenvalue weighted by Gasteiger charge is -2.20. The van der Waals surface area contributed by atoms with E-state index in [2.05, 4.69) is 0 Å². The van der Waals surface area contributed by atoms with Gasteiger partial charge in [0, 0.05) is 12.6 Å². The van der Waals surface area contributed by atoms with Crippen LogP contribution in [0.15, 0.2) is 18.2 Å². The molecular weight excluding hydrogens is 190 g/mol. The SMILES string of the molecule is COc1ccc(N(N)CC2CC2)c(N)c1. The van der Waals surface area contributed by atoms with Gasteiger partial charge in [0.25, 0.3) is 0 Å². The molecule has 0 bridgehead atoms. The molecule has 4 N–H and O–H groups in total.